The van der Waals surface area contributed by atoms with Gasteiger partial charge in [0.1, 0.15) is 5.78 Å². The molecule has 2 atom stereocenters. The van der Waals surface area contributed by atoms with Crippen LogP contribution in [0.1, 0.15) is 57.4 Å². The van der Waals surface area contributed by atoms with Crippen LogP contribution in [0.2, 0.25) is 0 Å². The number of Topliss-reactive ketones (excluding diaryl/α,β-unsaturated/α-hetero) is 1. The van der Waals surface area contributed by atoms with Crippen LogP contribution < -0.4 is 0 Å². The molecule has 1 aromatic carbocycles. The summed E-state index contributed by atoms with van der Waals surface area (Å²) in [6.07, 6.45) is 8.14. The monoisotopic (exact) mass is 256 g/mol. The van der Waals surface area contributed by atoms with E-state index < -0.39 is 0 Å². The molecule has 0 bridgehead atoms. The Morgan fingerprint density at radius 2 is 1.84 bits per heavy atom. The maximum absolute atomic E-state index is 13.0. The zero-order valence-corrected chi connectivity index (χ0v) is 11.9. The molecule has 2 aliphatic rings. The molecule has 0 aromatic heterocycles. The summed E-state index contributed by atoms with van der Waals surface area (Å²) in [5.74, 6) is 1.61. The van der Waals surface area contributed by atoms with Crippen molar-refractivity contribution in [3.63, 3.8) is 0 Å². The molecule has 19 heavy (non-hydrogen) atoms. The van der Waals surface area contributed by atoms with Gasteiger partial charge in [0, 0.05) is 5.92 Å². The predicted octanol–water partition coefficient (Wildman–Crippen LogP) is 4.50. The third-order valence-corrected chi connectivity index (χ3v) is 5.31. The Hall–Kier alpha value is -1.11. The van der Waals surface area contributed by atoms with Crippen molar-refractivity contribution in [3.05, 3.63) is 35.9 Å². The van der Waals surface area contributed by atoms with Gasteiger partial charge in [0.15, 0.2) is 0 Å². The fourth-order valence-corrected chi connectivity index (χ4v) is 4.03. The van der Waals surface area contributed by atoms with E-state index in [0.29, 0.717) is 11.7 Å². The molecule has 102 valence electrons. The van der Waals surface area contributed by atoms with Crippen molar-refractivity contribution in [1.82, 2.24) is 0 Å². The quantitative estimate of drug-likeness (QED) is 0.778. The topological polar surface area (TPSA) is 17.1 Å². The van der Waals surface area contributed by atoms with E-state index in [-0.39, 0.29) is 5.41 Å². The smallest absolute Gasteiger partial charge is 0.146 e. The van der Waals surface area contributed by atoms with Crippen LogP contribution in [0, 0.1) is 11.8 Å². The number of hydrogen-bond donors (Lipinski definition) is 0. The molecule has 1 aromatic rings. The first-order valence-corrected chi connectivity index (χ1v) is 7.82. The summed E-state index contributed by atoms with van der Waals surface area (Å²) in [6.45, 7) is 2.30. The number of rotatable bonds is 3. The Balaban J connectivity index is 1.84. The number of hydrogen-bond acceptors (Lipinski definition) is 1. The zero-order valence-electron chi connectivity index (χ0n) is 11.9. The lowest BCUT2D eigenvalue weighted by molar-refractivity contribution is -0.133. The van der Waals surface area contributed by atoms with Crippen LogP contribution in [0.4, 0.5) is 0 Å². The molecule has 2 saturated carbocycles. The summed E-state index contributed by atoms with van der Waals surface area (Å²) < 4.78 is 0. The number of benzene rings is 1. The molecule has 2 aliphatic carbocycles. The Kier molecular flexibility index (Phi) is 3.47. The maximum Gasteiger partial charge on any atom is 0.146 e. The van der Waals surface area contributed by atoms with Gasteiger partial charge in [-0.1, -0.05) is 56.5 Å². The molecule has 2 fully saturated rings. The highest BCUT2D eigenvalue weighted by molar-refractivity contribution is 5.93. The van der Waals surface area contributed by atoms with Crippen LogP contribution in [-0.4, -0.2) is 5.78 Å². The summed E-state index contributed by atoms with van der Waals surface area (Å²) in [5.41, 5.74) is 1.15. The third-order valence-electron chi connectivity index (χ3n) is 5.31. The minimum absolute atomic E-state index is 0.122. The van der Waals surface area contributed by atoms with Crippen molar-refractivity contribution < 1.29 is 4.79 Å². The first kappa shape index (κ1) is 12.9. The van der Waals surface area contributed by atoms with Gasteiger partial charge >= 0.3 is 0 Å². The summed E-state index contributed by atoms with van der Waals surface area (Å²) in [7, 11) is 0. The van der Waals surface area contributed by atoms with Crippen LogP contribution >= 0.6 is 0 Å². The highest BCUT2D eigenvalue weighted by Gasteiger charge is 2.47. The summed E-state index contributed by atoms with van der Waals surface area (Å²) >= 11 is 0. The van der Waals surface area contributed by atoms with E-state index in [0.717, 1.165) is 31.6 Å². The lowest BCUT2D eigenvalue weighted by Gasteiger charge is -2.44. The molecule has 0 spiro atoms. The van der Waals surface area contributed by atoms with Crippen molar-refractivity contribution in [1.29, 1.82) is 0 Å². The van der Waals surface area contributed by atoms with E-state index in [9.17, 15) is 4.79 Å². The second kappa shape index (κ2) is 5.11. The van der Waals surface area contributed by atoms with Crippen molar-refractivity contribution >= 4 is 5.78 Å². The molecule has 2 unspecified atom stereocenters. The minimum atomic E-state index is -0.122. The molecule has 1 heteroatoms. The highest BCUT2D eigenvalue weighted by atomic mass is 16.1. The Morgan fingerprint density at radius 3 is 2.42 bits per heavy atom. The average Bonchev–Trinajstić information content (AvgIpc) is 2.38. The molecule has 0 aliphatic heterocycles. The van der Waals surface area contributed by atoms with Crippen LogP contribution in [0.25, 0.3) is 0 Å². The second-order valence-electron chi connectivity index (χ2n) is 6.63. The Morgan fingerprint density at radius 1 is 1.11 bits per heavy atom. The van der Waals surface area contributed by atoms with Crippen LogP contribution in [-0.2, 0) is 10.2 Å². The van der Waals surface area contributed by atoms with Gasteiger partial charge in [-0.2, -0.15) is 0 Å². The second-order valence-corrected chi connectivity index (χ2v) is 6.63. The largest absolute Gasteiger partial charge is 0.298 e. The van der Waals surface area contributed by atoms with Gasteiger partial charge in [-0.3, -0.25) is 4.79 Å². The van der Waals surface area contributed by atoms with Gasteiger partial charge < -0.3 is 0 Å². The van der Waals surface area contributed by atoms with Crippen molar-refractivity contribution in [2.24, 2.45) is 11.8 Å². The fourth-order valence-electron chi connectivity index (χ4n) is 4.03. The highest BCUT2D eigenvalue weighted by Crippen LogP contribution is 2.48. The molecule has 0 N–H and O–H groups in total. The minimum Gasteiger partial charge on any atom is -0.298 e. The maximum atomic E-state index is 13.0. The number of carbonyl (C=O) groups is 1. The van der Waals surface area contributed by atoms with Gasteiger partial charge in [0.2, 0.25) is 0 Å². The number of ketones is 1. The summed E-state index contributed by atoms with van der Waals surface area (Å²) in [6, 6.07) is 10.5. The predicted molar refractivity (Wildman–Crippen MR) is 78.1 cm³/mol. The number of carbonyl (C=O) groups excluding carboxylic acids is 1. The van der Waals surface area contributed by atoms with Crippen molar-refractivity contribution in [2.75, 3.05) is 0 Å². The van der Waals surface area contributed by atoms with E-state index in [1.165, 1.54) is 24.8 Å². The molecule has 1 nitrogen and oxygen atoms in total. The van der Waals surface area contributed by atoms with E-state index in [1.54, 1.807) is 0 Å². The van der Waals surface area contributed by atoms with E-state index in [2.05, 4.69) is 31.2 Å². The lowest BCUT2D eigenvalue weighted by atomic mass is 9.58. The molecular formula is C18H24O. The Bertz CT molecular complexity index is 444. The molecule has 0 saturated heterocycles. The molecular weight excluding hydrogens is 232 g/mol. The molecule has 3 rings (SSSR count). The molecule has 0 heterocycles. The van der Waals surface area contributed by atoms with E-state index >= 15 is 0 Å². The van der Waals surface area contributed by atoms with Crippen LogP contribution in [0.15, 0.2) is 30.3 Å². The Labute approximate surface area is 116 Å². The first-order valence-electron chi connectivity index (χ1n) is 7.82. The van der Waals surface area contributed by atoms with Gasteiger partial charge in [-0.05, 0) is 37.2 Å². The van der Waals surface area contributed by atoms with Gasteiger partial charge in [-0.15, -0.1) is 0 Å². The fraction of sp³-hybridized carbons (Fsp3) is 0.611. The third kappa shape index (κ3) is 2.24. The molecule has 0 amide bonds. The van der Waals surface area contributed by atoms with Gasteiger partial charge in [0.05, 0.1) is 5.41 Å². The first-order chi connectivity index (χ1) is 9.22. The summed E-state index contributed by atoms with van der Waals surface area (Å²) in [5, 5.41) is 0. The average molecular weight is 256 g/mol. The van der Waals surface area contributed by atoms with Crippen LogP contribution in [0.5, 0.6) is 0 Å². The van der Waals surface area contributed by atoms with Crippen molar-refractivity contribution in [3.8, 4) is 0 Å². The lowest BCUT2D eigenvalue weighted by Crippen LogP contribution is -2.46. The molecule has 0 radical (unpaired) electrons. The normalized spacial score (nSPS) is 29.5. The van der Waals surface area contributed by atoms with Gasteiger partial charge in [-0.25, -0.2) is 0 Å². The zero-order chi connectivity index (χ0) is 13.3. The standard InChI is InChI=1S/C18H24O/c1-14-7-5-8-15(13-14)17(19)18(11-6-12-18)16-9-3-2-4-10-16/h2-4,9-10,14-15H,5-8,11-13H2,1H3. The summed E-state index contributed by atoms with van der Waals surface area (Å²) in [4.78, 5) is 13.0. The van der Waals surface area contributed by atoms with E-state index in [4.69, 9.17) is 0 Å². The van der Waals surface area contributed by atoms with E-state index in [1.807, 2.05) is 6.07 Å². The van der Waals surface area contributed by atoms with Crippen molar-refractivity contribution in [2.45, 2.75) is 57.3 Å². The van der Waals surface area contributed by atoms with Gasteiger partial charge in [0.25, 0.3) is 0 Å². The van der Waals surface area contributed by atoms with Crippen LogP contribution in [0.3, 0.4) is 0 Å². The SMILES string of the molecule is CC1CCCC(C(=O)C2(c3ccccc3)CCC2)C1.